The van der Waals surface area contributed by atoms with Gasteiger partial charge in [-0.1, -0.05) is 6.07 Å². The van der Waals surface area contributed by atoms with E-state index in [9.17, 15) is 9.59 Å². The van der Waals surface area contributed by atoms with E-state index in [0.29, 0.717) is 17.8 Å². The van der Waals surface area contributed by atoms with Crippen molar-refractivity contribution >= 4 is 17.5 Å². The lowest BCUT2D eigenvalue weighted by Gasteiger charge is -2.27. The Hall–Kier alpha value is -3.74. The first kappa shape index (κ1) is 21.5. The normalized spacial score (nSPS) is 15.5. The van der Waals surface area contributed by atoms with Gasteiger partial charge in [0.25, 0.3) is 11.8 Å². The van der Waals surface area contributed by atoms with Crippen LogP contribution in [0.2, 0.25) is 0 Å². The van der Waals surface area contributed by atoms with Gasteiger partial charge in [-0.3, -0.25) is 9.59 Å². The number of benzene rings is 2. The molecule has 7 heteroatoms. The Morgan fingerprint density at radius 1 is 1.09 bits per heavy atom. The molecule has 166 valence electrons. The number of methoxy groups -OCH3 is 2. The van der Waals surface area contributed by atoms with Gasteiger partial charge in [0.15, 0.2) is 5.76 Å². The number of hydrogen-bond donors (Lipinski definition) is 1. The van der Waals surface area contributed by atoms with Crippen molar-refractivity contribution in [1.82, 2.24) is 4.90 Å². The molecule has 0 spiro atoms. The summed E-state index contributed by atoms with van der Waals surface area (Å²) in [6.07, 6.45) is 3.18. The number of carbonyl (C=O) groups excluding carboxylic acids is 2. The van der Waals surface area contributed by atoms with Gasteiger partial charge in [-0.15, -0.1) is 0 Å². The fourth-order valence-corrected chi connectivity index (χ4v) is 4.08. The molecular weight excluding hydrogens is 408 g/mol. The van der Waals surface area contributed by atoms with Crippen LogP contribution < -0.4 is 14.8 Å². The molecule has 1 aliphatic heterocycles. The lowest BCUT2D eigenvalue weighted by molar-refractivity contribution is 0.0733. The average Bonchev–Trinajstić information content (AvgIpc) is 3.52. The quantitative estimate of drug-likeness (QED) is 0.601. The molecule has 1 fully saturated rings. The number of nitrogens with zero attached hydrogens (tertiary/aromatic N) is 1. The number of nitrogens with one attached hydrogen (secondary N) is 1. The van der Waals surface area contributed by atoms with Crippen LogP contribution >= 0.6 is 0 Å². The average molecular weight is 434 g/mol. The summed E-state index contributed by atoms with van der Waals surface area (Å²) in [5.41, 5.74) is 2.87. The minimum atomic E-state index is -0.358. The summed E-state index contributed by atoms with van der Waals surface area (Å²) >= 11 is 0. The molecule has 2 heterocycles. The third-order valence-corrected chi connectivity index (χ3v) is 5.79. The van der Waals surface area contributed by atoms with Gasteiger partial charge in [0.2, 0.25) is 0 Å². The summed E-state index contributed by atoms with van der Waals surface area (Å²) < 4.78 is 16.1. The molecule has 0 radical (unpaired) electrons. The molecule has 1 atom stereocenters. The third-order valence-electron chi connectivity index (χ3n) is 5.79. The Morgan fingerprint density at radius 2 is 1.94 bits per heavy atom. The Labute approximate surface area is 186 Å². The zero-order valence-electron chi connectivity index (χ0n) is 18.4. The number of anilines is 1. The van der Waals surface area contributed by atoms with Crippen molar-refractivity contribution in [2.24, 2.45) is 0 Å². The number of furan rings is 1. The Bertz CT molecular complexity index is 1120. The highest BCUT2D eigenvalue weighted by atomic mass is 16.5. The van der Waals surface area contributed by atoms with E-state index in [1.54, 1.807) is 38.5 Å². The predicted molar refractivity (Wildman–Crippen MR) is 120 cm³/mol. The molecule has 1 saturated heterocycles. The fourth-order valence-electron chi connectivity index (χ4n) is 4.08. The molecule has 4 rings (SSSR count). The summed E-state index contributed by atoms with van der Waals surface area (Å²) in [6, 6.07) is 14.1. The minimum Gasteiger partial charge on any atom is -0.497 e. The van der Waals surface area contributed by atoms with Gasteiger partial charge < -0.3 is 24.1 Å². The number of amides is 2. The van der Waals surface area contributed by atoms with E-state index >= 15 is 0 Å². The van der Waals surface area contributed by atoms with E-state index in [4.69, 9.17) is 13.9 Å². The number of carbonyl (C=O) groups is 2. The highest BCUT2D eigenvalue weighted by Gasteiger charge is 2.33. The van der Waals surface area contributed by atoms with Crippen molar-refractivity contribution in [3.63, 3.8) is 0 Å². The zero-order valence-corrected chi connectivity index (χ0v) is 18.4. The van der Waals surface area contributed by atoms with Gasteiger partial charge in [-0.25, -0.2) is 0 Å². The highest BCUT2D eigenvalue weighted by Crippen LogP contribution is 2.39. The number of hydrogen-bond acceptors (Lipinski definition) is 5. The molecule has 7 nitrogen and oxygen atoms in total. The lowest BCUT2D eigenvalue weighted by Crippen LogP contribution is -2.31. The second-order valence-electron chi connectivity index (χ2n) is 7.73. The second kappa shape index (κ2) is 9.18. The van der Waals surface area contributed by atoms with Crippen LogP contribution in [0.4, 0.5) is 5.69 Å². The lowest BCUT2D eigenvalue weighted by atomic mass is 10.0. The van der Waals surface area contributed by atoms with Gasteiger partial charge in [-0.2, -0.15) is 0 Å². The number of rotatable bonds is 6. The van der Waals surface area contributed by atoms with E-state index in [1.165, 1.54) is 6.26 Å². The molecule has 2 amide bonds. The maximum atomic E-state index is 13.5. The Balaban J connectivity index is 1.61. The SMILES string of the molecule is COc1ccc(OC)c(C2CCCN2C(=O)c2ccc(C)c(NC(=O)c3ccco3)c2)c1. The van der Waals surface area contributed by atoms with Crippen LogP contribution in [0, 0.1) is 6.92 Å². The van der Waals surface area contributed by atoms with Gasteiger partial charge in [-0.05, 0) is 67.8 Å². The molecule has 0 saturated carbocycles. The Morgan fingerprint density at radius 3 is 2.66 bits per heavy atom. The number of likely N-dealkylation sites (tertiary alicyclic amines) is 1. The third kappa shape index (κ3) is 4.19. The number of ether oxygens (including phenoxy) is 2. The fraction of sp³-hybridized carbons (Fsp3) is 0.280. The second-order valence-corrected chi connectivity index (χ2v) is 7.73. The van der Waals surface area contributed by atoms with Crippen LogP contribution in [-0.4, -0.2) is 37.5 Å². The first-order chi connectivity index (χ1) is 15.5. The van der Waals surface area contributed by atoms with Gasteiger partial charge in [0, 0.05) is 23.4 Å². The zero-order chi connectivity index (χ0) is 22.7. The summed E-state index contributed by atoms with van der Waals surface area (Å²) in [4.78, 5) is 27.8. The van der Waals surface area contributed by atoms with Crippen molar-refractivity contribution in [2.45, 2.75) is 25.8 Å². The first-order valence-electron chi connectivity index (χ1n) is 10.5. The standard InChI is InChI=1S/C25H26N2O5/c1-16-8-9-17(14-20(16)26-24(28)23-7-5-13-32-23)25(29)27-12-4-6-21(27)19-15-18(30-2)10-11-22(19)31-3/h5,7-11,13-15,21H,4,6,12H2,1-3H3,(H,26,28). The molecule has 32 heavy (non-hydrogen) atoms. The maximum absolute atomic E-state index is 13.5. The largest absolute Gasteiger partial charge is 0.497 e. The summed E-state index contributed by atoms with van der Waals surface area (Å²) in [6.45, 7) is 2.53. The van der Waals surface area contributed by atoms with Crippen LogP contribution in [0.25, 0.3) is 0 Å². The molecule has 1 aromatic heterocycles. The monoisotopic (exact) mass is 434 g/mol. The van der Waals surface area contributed by atoms with Gasteiger partial charge in [0.05, 0.1) is 26.5 Å². The van der Waals surface area contributed by atoms with Crippen molar-refractivity contribution in [2.75, 3.05) is 26.1 Å². The van der Waals surface area contributed by atoms with Crippen LogP contribution in [0.5, 0.6) is 11.5 Å². The van der Waals surface area contributed by atoms with Crippen molar-refractivity contribution < 1.29 is 23.5 Å². The van der Waals surface area contributed by atoms with Crippen LogP contribution in [-0.2, 0) is 0 Å². The molecule has 3 aromatic rings. The van der Waals surface area contributed by atoms with Crippen LogP contribution in [0.1, 0.15) is 50.9 Å². The highest BCUT2D eigenvalue weighted by molar-refractivity contribution is 6.04. The topological polar surface area (TPSA) is 81.0 Å². The first-order valence-corrected chi connectivity index (χ1v) is 10.5. The van der Waals surface area contributed by atoms with Crippen LogP contribution in [0.3, 0.4) is 0 Å². The molecular formula is C25H26N2O5. The van der Waals surface area contributed by atoms with E-state index in [0.717, 1.165) is 35.5 Å². The molecule has 0 bridgehead atoms. The predicted octanol–water partition coefficient (Wildman–Crippen LogP) is 4.83. The maximum Gasteiger partial charge on any atom is 0.291 e. The van der Waals surface area contributed by atoms with Crippen molar-refractivity contribution in [3.8, 4) is 11.5 Å². The van der Waals surface area contributed by atoms with Crippen molar-refractivity contribution in [1.29, 1.82) is 0 Å². The molecule has 1 unspecified atom stereocenters. The summed E-state index contributed by atoms with van der Waals surface area (Å²) in [5, 5.41) is 2.83. The molecule has 1 N–H and O–H groups in total. The van der Waals surface area contributed by atoms with E-state index in [-0.39, 0.29) is 23.6 Å². The summed E-state index contributed by atoms with van der Waals surface area (Å²) in [5.74, 6) is 1.21. The molecule has 0 aliphatic carbocycles. The van der Waals surface area contributed by atoms with Gasteiger partial charge >= 0.3 is 0 Å². The van der Waals surface area contributed by atoms with E-state index < -0.39 is 0 Å². The molecule has 1 aliphatic rings. The smallest absolute Gasteiger partial charge is 0.291 e. The van der Waals surface area contributed by atoms with E-state index in [2.05, 4.69) is 5.32 Å². The van der Waals surface area contributed by atoms with Gasteiger partial charge in [0.1, 0.15) is 11.5 Å². The number of aryl methyl sites for hydroxylation is 1. The van der Waals surface area contributed by atoms with Crippen LogP contribution in [0.15, 0.2) is 59.2 Å². The van der Waals surface area contributed by atoms with Crippen molar-refractivity contribution in [3.05, 3.63) is 77.2 Å². The molecule has 2 aromatic carbocycles. The summed E-state index contributed by atoms with van der Waals surface area (Å²) in [7, 11) is 3.24. The minimum absolute atomic E-state index is 0.0918. The van der Waals surface area contributed by atoms with E-state index in [1.807, 2.05) is 36.1 Å². The Kier molecular flexibility index (Phi) is 6.16.